The smallest absolute Gasteiger partial charge is 0.231 e. The summed E-state index contributed by atoms with van der Waals surface area (Å²) < 4.78 is 11.0. The van der Waals surface area contributed by atoms with E-state index in [0.717, 1.165) is 30.9 Å². The first-order chi connectivity index (χ1) is 9.90. The molecule has 2 aliphatic heterocycles. The summed E-state index contributed by atoms with van der Waals surface area (Å²) in [6.07, 6.45) is 2.06. The summed E-state index contributed by atoms with van der Waals surface area (Å²) in [5.41, 5.74) is 4.09. The van der Waals surface area contributed by atoms with E-state index in [4.69, 9.17) is 9.47 Å². The van der Waals surface area contributed by atoms with Crippen LogP contribution in [0, 0.1) is 0 Å². The monoisotopic (exact) mass is 303 g/mol. The van der Waals surface area contributed by atoms with Gasteiger partial charge in [-0.3, -0.25) is 0 Å². The number of nitrogens with one attached hydrogen (secondary N) is 1. The molecule has 0 fully saturated rings. The van der Waals surface area contributed by atoms with Crippen molar-refractivity contribution in [1.82, 2.24) is 5.32 Å². The Bertz CT molecular complexity index is 630. The molecule has 0 amide bonds. The Morgan fingerprint density at radius 2 is 1.81 bits per heavy atom. The van der Waals surface area contributed by atoms with Crippen molar-refractivity contribution >= 4 is 12.4 Å². The lowest BCUT2D eigenvalue weighted by Crippen LogP contribution is -2.31. The fourth-order valence-corrected chi connectivity index (χ4v) is 3.06. The van der Waals surface area contributed by atoms with Gasteiger partial charge in [0.25, 0.3) is 0 Å². The maximum atomic E-state index is 5.51. The van der Waals surface area contributed by atoms with Gasteiger partial charge in [-0.25, -0.2) is 0 Å². The highest BCUT2D eigenvalue weighted by Crippen LogP contribution is 2.38. The zero-order valence-corrected chi connectivity index (χ0v) is 12.5. The maximum absolute atomic E-state index is 5.51. The minimum atomic E-state index is 0. The summed E-state index contributed by atoms with van der Waals surface area (Å²) >= 11 is 0. The predicted molar refractivity (Wildman–Crippen MR) is 84.4 cm³/mol. The highest BCUT2D eigenvalue weighted by atomic mass is 35.5. The molecule has 21 heavy (non-hydrogen) atoms. The Morgan fingerprint density at radius 1 is 1.05 bits per heavy atom. The highest BCUT2D eigenvalue weighted by molar-refractivity contribution is 5.85. The standard InChI is InChI=1S/C17H17NO2.ClH/c1-2-4-12(5-3-1)8-15-14-10-17-16(19-11-20-17)9-13(14)6-7-18-15;/h1-5,9-10,15,18H,6-8,11H2;1H/t15-;/m0./s1. The van der Waals surface area contributed by atoms with E-state index in [1.54, 1.807) is 0 Å². The lowest BCUT2D eigenvalue weighted by molar-refractivity contribution is 0.174. The van der Waals surface area contributed by atoms with Gasteiger partial charge in [0.1, 0.15) is 0 Å². The zero-order chi connectivity index (χ0) is 13.4. The summed E-state index contributed by atoms with van der Waals surface area (Å²) in [4.78, 5) is 0. The van der Waals surface area contributed by atoms with Crippen molar-refractivity contribution in [3.8, 4) is 11.5 Å². The van der Waals surface area contributed by atoms with Crippen LogP contribution in [0.3, 0.4) is 0 Å². The van der Waals surface area contributed by atoms with E-state index in [1.807, 2.05) is 0 Å². The molecule has 1 atom stereocenters. The van der Waals surface area contributed by atoms with Gasteiger partial charge in [0.05, 0.1) is 0 Å². The topological polar surface area (TPSA) is 30.5 Å². The molecule has 0 aliphatic carbocycles. The van der Waals surface area contributed by atoms with E-state index in [0.29, 0.717) is 12.8 Å². The second-order valence-corrected chi connectivity index (χ2v) is 5.35. The molecule has 0 saturated heterocycles. The number of rotatable bonds is 2. The Morgan fingerprint density at radius 3 is 2.62 bits per heavy atom. The summed E-state index contributed by atoms with van der Waals surface area (Å²) in [5.74, 6) is 1.77. The average Bonchev–Trinajstić information content (AvgIpc) is 2.94. The molecule has 2 aromatic carbocycles. The van der Waals surface area contributed by atoms with E-state index in [1.165, 1.54) is 16.7 Å². The van der Waals surface area contributed by atoms with Crippen molar-refractivity contribution in [2.45, 2.75) is 18.9 Å². The van der Waals surface area contributed by atoms with Gasteiger partial charge in [-0.2, -0.15) is 0 Å². The van der Waals surface area contributed by atoms with Crippen LogP contribution in [0.25, 0.3) is 0 Å². The van der Waals surface area contributed by atoms with Crippen LogP contribution in [0.15, 0.2) is 42.5 Å². The minimum absolute atomic E-state index is 0. The number of hydrogen-bond acceptors (Lipinski definition) is 3. The second-order valence-electron chi connectivity index (χ2n) is 5.35. The Kier molecular flexibility index (Phi) is 4.04. The molecule has 2 aliphatic rings. The number of benzene rings is 2. The molecule has 0 spiro atoms. The van der Waals surface area contributed by atoms with Gasteiger partial charge in [0.2, 0.25) is 6.79 Å². The molecule has 4 heteroatoms. The summed E-state index contributed by atoms with van der Waals surface area (Å²) in [5, 5.41) is 3.62. The maximum Gasteiger partial charge on any atom is 0.231 e. The van der Waals surface area contributed by atoms with Gasteiger partial charge in [0, 0.05) is 6.04 Å². The zero-order valence-electron chi connectivity index (χ0n) is 11.7. The van der Waals surface area contributed by atoms with Crippen molar-refractivity contribution in [3.63, 3.8) is 0 Å². The third-order valence-electron chi connectivity index (χ3n) is 4.08. The van der Waals surface area contributed by atoms with Crippen LogP contribution in [-0.2, 0) is 12.8 Å². The van der Waals surface area contributed by atoms with Crippen LogP contribution in [0.5, 0.6) is 11.5 Å². The lowest BCUT2D eigenvalue weighted by atomic mass is 9.90. The van der Waals surface area contributed by atoms with Crippen LogP contribution < -0.4 is 14.8 Å². The molecule has 110 valence electrons. The minimum Gasteiger partial charge on any atom is -0.454 e. The van der Waals surface area contributed by atoms with Crippen LogP contribution in [0.1, 0.15) is 22.7 Å². The molecule has 2 aromatic rings. The van der Waals surface area contributed by atoms with Crippen molar-refractivity contribution in [3.05, 3.63) is 59.2 Å². The van der Waals surface area contributed by atoms with Crippen molar-refractivity contribution in [2.75, 3.05) is 13.3 Å². The Hall–Kier alpha value is -1.71. The third-order valence-corrected chi connectivity index (χ3v) is 4.08. The van der Waals surface area contributed by atoms with Crippen molar-refractivity contribution < 1.29 is 9.47 Å². The first-order valence-corrected chi connectivity index (χ1v) is 7.10. The molecule has 4 rings (SSSR count). The molecule has 0 bridgehead atoms. The van der Waals surface area contributed by atoms with Gasteiger partial charge >= 0.3 is 0 Å². The molecule has 0 unspecified atom stereocenters. The number of hydrogen-bond donors (Lipinski definition) is 1. The van der Waals surface area contributed by atoms with E-state index >= 15 is 0 Å². The molecular weight excluding hydrogens is 286 g/mol. The quantitative estimate of drug-likeness (QED) is 0.923. The molecule has 0 radical (unpaired) electrons. The molecule has 1 N–H and O–H groups in total. The van der Waals surface area contributed by atoms with Crippen LogP contribution in [0.4, 0.5) is 0 Å². The number of ether oxygens (including phenoxy) is 2. The second kappa shape index (κ2) is 5.96. The average molecular weight is 304 g/mol. The predicted octanol–water partition coefficient (Wildman–Crippen LogP) is 3.27. The summed E-state index contributed by atoms with van der Waals surface area (Å²) in [6, 6.07) is 15.3. The largest absolute Gasteiger partial charge is 0.454 e. The van der Waals surface area contributed by atoms with Crippen LogP contribution in [0.2, 0.25) is 0 Å². The first kappa shape index (κ1) is 14.2. The fraction of sp³-hybridized carbons (Fsp3) is 0.294. The van der Waals surface area contributed by atoms with Gasteiger partial charge < -0.3 is 14.8 Å². The van der Waals surface area contributed by atoms with Crippen molar-refractivity contribution in [2.24, 2.45) is 0 Å². The molecule has 2 heterocycles. The molecule has 0 aromatic heterocycles. The van der Waals surface area contributed by atoms with E-state index < -0.39 is 0 Å². The van der Waals surface area contributed by atoms with Crippen LogP contribution >= 0.6 is 12.4 Å². The van der Waals surface area contributed by atoms with Gasteiger partial charge in [0.15, 0.2) is 11.5 Å². The van der Waals surface area contributed by atoms with Gasteiger partial charge in [-0.05, 0) is 48.2 Å². The van der Waals surface area contributed by atoms with Crippen LogP contribution in [-0.4, -0.2) is 13.3 Å². The number of fused-ring (bicyclic) bond motifs is 2. The Labute approximate surface area is 130 Å². The van der Waals surface area contributed by atoms with Gasteiger partial charge in [-0.1, -0.05) is 30.3 Å². The first-order valence-electron chi connectivity index (χ1n) is 7.10. The van der Waals surface area contributed by atoms with Gasteiger partial charge in [-0.15, -0.1) is 12.4 Å². The molecule has 3 nitrogen and oxygen atoms in total. The highest BCUT2D eigenvalue weighted by Gasteiger charge is 2.24. The van der Waals surface area contributed by atoms with E-state index in [2.05, 4.69) is 47.8 Å². The van der Waals surface area contributed by atoms with E-state index in [-0.39, 0.29) is 12.4 Å². The van der Waals surface area contributed by atoms with Crippen molar-refractivity contribution in [1.29, 1.82) is 0 Å². The third kappa shape index (κ3) is 2.71. The summed E-state index contributed by atoms with van der Waals surface area (Å²) in [7, 11) is 0. The molecule has 0 saturated carbocycles. The fourth-order valence-electron chi connectivity index (χ4n) is 3.06. The molecular formula is C17H18ClNO2. The van der Waals surface area contributed by atoms with E-state index in [9.17, 15) is 0 Å². The Balaban J connectivity index is 0.00000132. The summed E-state index contributed by atoms with van der Waals surface area (Å²) in [6.45, 7) is 1.36. The SMILES string of the molecule is Cl.c1ccc(C[C@@H]2NCCc3cc4c(cc32)OCO4)cc1. The lowest BCUT2D eigenvalue weighted by Gasteiger charge is -2.27. The number of halogens is 1. The normalized spacial score (nSPS) is 18.8.